The van der Waals surface area contributed by atoms with E-state index in [2.05, 4.69) is 69.0 Å². The lowest BCUT2D eigenvalue weighted by Crippen LogP contribution is -2.31. The lowest BCUT2D eigenvalue weighted by molar-refractivity contribution is 0.561. The summed E-state index contributed by atoms with van der Waals surface area (Å²) in [6.45, 7) is 10.1. The van der Waals surface area contributed by atoms with Gasteiger partial charge in [-0.25, -0.2) is 0 Å². The normalized spacial score (nSPS) is 18.0. The Balaban J connectivity index is 2.18. The zero-order chi connectivity index (χ0) is 14.3. The molecule has 0 fully saturated rings. The predicted molar refractivity (Wildman–Crippen MR) is 87.0 cm³/mol. The number of para-hydroxylation sites is 1. The number of fused-ring (bicyclic) bond motifs is 1. The Hall–Kier alpha value is -1.76. The first-order chi connectivity index (χ1) is 9.58. The molecule has 0 amide bonds. The third-order valence-corrected chi connectivity index (χ3v) is 4.52. The standard InChI is InChI=1S/C19H23N/c1-13-11-17-7-5-6-8-18(17)20(12-13)19-15(3)10-9-14(2)16(19)4/h5-10,13H,11-12H2,1-4H3. The highest BCUT2D eigenvalue weighted by molar-refractivity contribution is 5.73. The molecule has 0 saturated carbocycles. The highest BCUT2D eigenvalue weighted by Gasteiger charge is 2.24. The number of benzene rings is 2. The predicted octanol–water partition coefficient (Wildman–Crippen LogP) is 4.94. The van der Waals surface area contributed by atoms with E-state index in [9.17, 15) is 0 Å². The van der Waals surface area contributed by atoms with Crippen LogP contribution in [0.5, 0.6) is 0 Å². The molecule has 1 heteroatoms. The van der Waals surface area contributed by atoms with Gasteiger partial charge in [0.15, 0.2) is 0 Å². The van der Waals surface area contributed by atoms with Gasteiger partial charge in [0, 0.05) is 17.9 Å². The quantitative estimate of drug-likeness (QED) is 0.705. The molecule has 2 aromatic carbocycles. The highest BCUT2D eigenvalue weighted by Crippen LogP contribution is 2.39. The van der Waals surface area contributed by atoms with Gasteiger partial charge in [-0.05, 0) is 61.4 Å². The molecule has 20 heavy (non-hydrogen) atoms. The summed E-state index contributed by atoms with van der Waals surface area (Å²) in [5.74, 6) is 0.698. The monoisotopic (exact) mass is 265 g/mol. The summed E-state index contributed by atoms with van der Waals surface area (Å²) in [5, 5.41) is 0. The largest absolute Gasteiger partial charge is 0.341 e. The van der Waals surface area contributed by atoms with Crippen LogP contribution in [0.1, 0.15) is 29.2 Å². The zero-order valence-corrected chi connectivity index (χ0v) is 12.9. The summed E-state index contributed by atoms with van der Waals surface area (Å²) >= 11 is 0. The van der Waals surface area contributed by atoms with Crippen LogP contribution in [-0.2, 0) is 6.42 Å². The van der Waals surface area contributed by atoms with Crippen molar-refractivity contribution in [1.29, 1.82) is 0 Å². The van der Waals surface area contributed by atoms with E-state index in [1.807, 2.05) is 0 Å². The van der Waals surface area contributed by atoms with Crippen molar-refractivity contribution in [3.63, 3.8) is 0 Å². The van der Waals surface area contributed by atoms with Crippen molar-refractivity contribution in [2.75, 3.05) is 11.4 Å². The molecule has 1 aliphatic rings. The van der Waals surface area contributed by atoms with Crippen LogP contribution in [-0.4, -0.2) is 6.54 Å². The topological polar surface area (TPSA) is 3.24 Å². The van der Waals surface area contributed by atoms with Gasteiger partial charge in [-0.3, -0.25) is 0 Å². The third kappa shape index (κ3) is 2.11. The number of hydrogen-bond donors (Lipinski definition) is 0. The summed E-state index contributed by atoms with van der Waals surface area (Å²) in [5.41, 5.74) is 8.44. The minimum Gasteiger partial charge on any atom is -0.341 e. The molecule has 0 aliphatic carbocycles. The van der Waals surface area contributed by atoms with Gasteiger partial charge in [-0.1, -0.05) is 37.3 Å². The Morgan fingerprint density at radius 1 is 0.950 bits per heavy atom. The second-order valence-corrected chi connectivity index (χ2v) is 6.22. The van der Waals surface area contributed by atoms with E-state index in [1.54, 1.807) is 0 Å². The van der Waals surface area contributed by atoms with Gasteiger partial charge in [0.25, 0.3) is 0 Å². The fourth-order valence-electron chi connectivity index (χ4n) is 3.36. The van der Waals surface area contributed by atoms with Crippen molar-refractivity contribution in [2.45, 2.75) is 34.1 Å². The Kier molecular flexibility index (Phi) is 3.29. The van der Waals surface area contributed by atoms with E-state index < -0.39 is 0 Å². The van der Waals surface area contributed by atoms with Crippen molar-refractivity contribution < 1.29 is 0 Å². The minimum atomic E-state index is 0.698. The van der Waals surface area contributed by atoms with Crippen molar-refractivity contribution in [1.82, 2.24) is 0 Å². The van der Waals surface area contributed by atoms with Crippen molar-refractivity contribution in [2.24, 2.45) is 5.92 Å². The van der Waals surface area contributed by atoms with Crippen LogP contribution < -0.4 is 4.90 Å². The molecule has 1 atom stereocenters. The van der Waals surface area contributed by atoms with Crippen LogP contribution in [0.25, 0.3) is 0 Å². The smallest absolute Gasteiger partial charge is 0.0472 e. The van der Waals surface area contributed by atoms with E-state index in [-0.39, 0.29) is 0 Å². The first-order valence-corrected chi connectivity index (χ1v) is 7.50. The Labute approximate surface area is 122 Å². The molecule has 0 spiro atoms. The fraction of sp³-hybridized carbons (Fsp3) is 0.368. The Morgan fingerprint density at radius 3 is 2.45 bits per heavy atom. The zero-order valence-electron chi connectivity index (χ0n) is 12.9. The summed E-state index contributed by atoms with van der Waals surface area (Å²) < 4.78 is 0. The molecule has 104 valence electrons. The lowest BCUT2D eigenvalue weighted by Gasteiger charge is -2.37. The summed E-state index contributed by atoms with van der Waals surface area (Å²) in [6, 6.07) is 13.3. The van der Waals surface area contributed by atoms with Crippen LogP contribution in [0.15, 0.2) is 36.4 Å². The van der Waals surface area contributed by atoms with Gasteiger partial charge in [0.05, 0.1) is 0 Å². The van der Waals surface area contributed by atoms with Crippen LogP contribution in [0.4, 0.5) is 11.4 Å². The molecule has 2 aromatic rings. The van der Waals surface area contributed by atoms with Gasteiger partial charge < -0.3 is 4.90 Å². The number of hydrogen-bond acceptors (Lipinski definition) is 1. The maximum absolute atomic E-state index is 2.53. The van der Waals surface area contributed by atoms with Gasteiger partial charge >= 0.3 is 0 Å². The SMILES string of the molecule is Cc1ccc(C)c(N2CC(C)Cc3ccccc32)c1C. The number of nitrogens with zero attached hydrogens (tertiary/aromatic N) is 1. The fourth-order valence-corrected chi connectivity index (χ4v) is 3.36. The van der Waals surface area contributed by atoms with Crippen LogP contribution in [0.2, 0.25) is 0 Å². The molecule has 1 heterocycles. The average molecular weight is 265 g/mol. The molecule has 0 bridgehead atoms. The molecule has 0 saturated heterocycles. The molecular weight excluding hydrogens is 242 g/mol. The minimum absolute atomic E-state index is 0.698. The molecule has 1 aliphatic heterocycles. The first-order valence-electron chi connectivity index (χ1n) is 7.50. The maximum Gasteiger partial charge on any atom is 0.0472 e. The summed E-state index contributed by atoms with van der Waals surface area (Å²) in [7, 11) is 0. The maximum atomic E-state index is 2.53. The van der Waals surface area contributed by atoms with E-state index in [0.717, 1.165) is 6.54 Å². The van der Waals surface area contributed by atoms with Crippen LogP contribution in [0, 0.1) is 26.7 Å². The molecule has 1 unspecified atom stereocenters. The van der Waals surface area contributed by atoms with E-state index in [0.29, 0.717) is 5.92 Å². The summed E-state index contributed by atoms with van der Waals surface area (Å²) in [6.07, 6.45) is 1.19. The number of aryl methyl sites for hydroxylation is 2. The number of rotatable bonds is 1. The molecule has 0 radical (unpaired) electrons. The van der Waals surface area contributed by atoms with E-state index >= 15 is 0 Å². The number of anilines is 2. The summed E-state index contributed by atoms with van der Waals surface area (Å²) in [4.78, 5) is 2.53. The average Bonchev–Trinajstić information content (AvgIpc) is 2.43. The Morgan fingerprint density at radius 2 is 1.65 bits per heavy atom. The lowest BCUT2D eigenvalue weighted by atomic mass is 9.91. The van der Waals surface area contributed by atoms with Crippen LogP contribution >= 0.6 is 0 Å². The molecule has 0 aromatic heterocycles. The second-order valence-electron chi connectivity index (χ2n) is 6.22. The highest BCUT2D eigenvalue weighted by atomic mass is 15.2. The molecular formula is C19H23N. The van der Waals surface area contributed by atoms with Crippen molar-refractivity contribution in [3.05, 3.63) is 58.7 Å². The molecule has 3 rings (SSSR count). The Bertz CT molecular complexity index is 642. The van der Waals surface area contributed by atoms with Gasteiger partial charge in [0.1, 0.15) is 0 Å². The van der Waals surface area contributed by atoms with Crippen LogP contribution in [0.3, 0.4) is 0 Å². The van der Waals surface area contributed by atoms with Gasteiger partial charge in [-0.15, -0.1) is 0 Å². The van der Waals surface area contributed by atoms with E-state index in [1.165, 1.54) is 40.0 Å². The van der Waals surface area contributed by atoms with Gasteiger partial charge in [0.2, 0.25) is 0 Å². The first kappa shape index (κ1) is 13.2. The van der Waals surface area contributed by atoms with Gasteiger partial charge in [-0.2, -0.15) is 0 Å². The second kappa shape index (κ2) is 4.97. The van der Waals surface area contributed by atoms with E-state index in [4.69, 9.17) is 0 Å². The third-order valence-electron chi connectivity index (χ3n) is 4.52. The molecule has 0 N–H and O–H groups in total. The van der Waals surface area contributed by atoms with Crippen molar-refractivity contribution in [3.8, 4) is 0 Å². The molecule has 1 nitrogen and oxygen atoms in total. The van der Waals surface area contributed by atoms with Crippen molar-refractivity contribution >= 4 is 11.4 Å².